The fraction of sp³-hybridized carbons (Fsp3) is 0.684. The van der Waals surface area contributed by atoms with E-state index in [0.29, 0.717) is 31.0 Å². The number of carbonyl (C=O) groups is 2. The van der Waals surface area contributed by atoms with E-state index >= 15 is 0 Å². The molecule has 1 saturated carbocycles. The van der Waals surface area contributed by atoms with Gasteiger partial charge in [0.05, 0.1) is 6.10 Å². The number of aliphatic carboxylic acids is 1. The minimum absolute atomic E-state index is 0.0278. The zero-order valence-corrected chi connectivity index (χ0v) is 14.3. The topological polar surface area (TPSA) is 74.6 Å². The molecule has 0 spiro atoms. The number of allylic oxidation sites excluding steroid dienone is 2. The van der Waals surface area contributed by atoms with E-state index in [2.05, 4.69) is 6.92 Å². The maximum Gasteiger partial charge on any atom is 0.303 e. The normalized spacial score (nSPS) is 26.4. The maximum atomic E-state index is 12.2. The Bertz CT molecular complexity index is 439. The van der Waals surface area contributed by atoms with Crippen LogP contribution in [0.2, 0.25) is 0 Å². The minimum atomic E-state index is -0.758. The smallest absolute Gasteiger partial charge is 0.303 e. The lowest BCUT2D eigenvalue weighted by molar-refractivity contribution is -0.137. The van der Waals surface area contributed by atoms with E-state index in [9.17, 15) is 14.7 Å². The van der Waals surface area contributed by atoms with E-state index in [0.717, 1.165) is 19.3 Å². The molecule has 0 aromatic carbocycles. The number of hydrogen-bond donors (Lipinski definition) is 2. The Hall–Kier alpha value is -1.42. The van der Waals surface area contributed by atoms with Crippen molar-refractivity contribution in [3.63, 3.8) is 0 Å². The predicted molar refractivity (Wildman–Crippen MR) is 91.1 cm³/mol. The molecule has 0 heterocycles. The van der Waals surface area contributed by atoms with E-state index in [4.69, 9.17) is 5.11 Å². The molecule has 1 aliphatic carbocycles. The molecule has 0 aromatic rings. The molecule has 0 saturated heterocycles. The Labute approximate surface area is 139 Å². The molecule has 23 heavy (non-hydrogen) atoms. The number of rotatable bonds is 10. The third kappa shape index (κ3) is 7.12. The summed E-state index contributed by atoms with van der Waals surface area (Å²) in [5.41, 5.74) is 0. The molecule has 4 atom stereocenters. The standard InChI is InChI=1S/C19H30O4/c1-3-4-8-15(20)11-12-16-14(2)13-18(21)17(16)9-6-5-7-10-19(22)23/h3-4,11-12,14-17,20H,5-10,13H2,1-2H3,(H,22,23)/b4-3-,12-11+. The average Bonchev–Trinajstić information content (AvgIpc) is 2.76. The van der Waals surface area contributed by atoms with Crippen LogP contribution in [0.15, 0.2) is 24.3 Å². The Morgan fingerprint density at radius 3 is 2.74 bits per heavy atom. The van der Waals surface area contributed by atoms with Gasteiger partial charge >= 0.3 is 5.97 Å². The van der Waals surface area contributed by atoms with Gasteiger partial charge in [-0.05, 0) is 38.0 Å². The summed E-state index contributed by atoms with van der Waals surface area (Å²) in [7, 11) is 0. The van der Waals surface area contributed by atoms with Crippen molar-refractivity contribution in [2.45, 2.75) is 64.9 Å². The zero-order valence-electron chi connectivity index (χ0n) is 14.3. The summed E-state index contributed by atoms with van der Waals surface area (Å²) in [5.74, 6) is 0.0960. The van der Waals surface area contributed by atoms with Crippen molar-refractivity contribution in [1.82, 2.24) is 0 Å². The first-order chi connectivity index (χ1) is 11.0. The number of carboxylic acid groups (broad SMARTS) is 1. The summed E-state index contributed by atoms with van der Waals surface area (Å²) in [6.07, 6.45) is 11.8. The van der Waals surface area contributed by atoms with Crippen LogP contribution in [0.4, 0.5) is 0 Å². The Balaban J connectivity index is 2.49. The molecule has 1 rings (SSSR count). The Morgan fingerprint density at radius 1 is 1.35 bits per heavy atom. The monoisotopic (exact) mass is 322 g/mol. The summed E-state index contributed by atoms with van der Waals surface area (Å²) >= 11 is 0. The van der Waals surface area contributed by atoms with Crippen LogP contribution in [0.3, 0.4) is 0 Å². The third-order valence-corrected chi connectivity index (χ3v) is 4.63. The first kappa shape index (κ1) is 19.6. The summed E-state index contributed by atoms with van der Waals surface area (Å²) in [6.45, 7) is 4.02. The molecule has 0 aromatic heterocycles. The van der Waals surface area contributed by atoms with Crippen molar-refractivity contribution in [2.24, 2.45) is 17.8 Å². The SMILES string of the molecule is C/C=C\CC(O)/C=C/C1C(C)CC(=O)C1CCCCCC(=O)O. The largest absolute Gasteiger partial charge is 0.481 e. The van der Waals surface area contributed by atoms with Gasteiger partial charge in [0, 0.05) is 18.8 Å². The lowest BCUT2D eigenvalue weighted by Crippen LogP contribution is -2.16. The van der Waals surface area contributed by atoms with Gasteiger partial charge in [-0.2, -0.15) is 0 Å². The zero-order chi connectivity index (χ0) is 17.2. The van der Waals surface area contributed by atoms with Crippen molar-refractivity contribution >= 4 is 11.8 Å². The van der Waals surface area contributed by atoms with Gasteiger partial charge in [-0.25, -0.2) is 0 Å². The van der Waals surface area contributed by atoms with E-state index < -0.39 is 12.1 Å². The summed E-state index contributed by atoms with van der Waals surface area (Å²) in [4.78, 5) is 22.7. The lowest BCUT2D eigenvalue weighted by atomic mass is 9.86. The molecule has 4 unspecified atom stereocenters. The molecule has 0 bridgehead atoms. The number of aliphatic hydroxyl groups excluding tert-OH is 1. The van der Waals surface area contributed by atoms with Crippen LogP contribution in [-0.4, -0.2) is 28.1 Å². The van der Waals surface area contributed by atoms with E-state index in [-0.39, 0.29) is 18.3 Å². The highest BCUT2D eigenvalue weighted by atomic mass is 16.4. The highest BCUT2D eigenvalue weighted by Crippen LogP contribution is 2.38. The number of Topliss-reactive ketones (excluding diaryl/α,β-unsaturated/α-hetero) is 1. The number of carbonyl (C=O) groups excluding carboxylic acids is 1. The molecule has 0 aliphatic heterocycles. The lowest BCUT2D eigenvalue weighted by Gasteiger charge is -2.18. The van der Waals surface area contributed by atoms with E-state index in [1.165, 1.54) is 0 Å². The van der Waals surface area contributed by atoms with Crippen molar-refractivity contribution in [2.75, 3.05) is 0 Å². The van der Waals surface area contributed by atoms with E-state index in [1.807, 2.05) is 31.2 Å². The van der Waals surface area contributed by atoms with Gasteiger partial charge in [-0.3, -0.25) is 9.59 Å². The van der Waals surface area contributed by atoms with Crippen molar-refractivity contribution in [3.8, 4) is 0 Å². The van der Waals surface area contributed by atoms with Gasteiger partial charge in [0.25, 0.3) is 0 Å². The molecule has 4 heteroatoms. The molecule has 4 nitrogen and oxygen atoms in total. The number of unbranched alkanes of at least 4 members (excludes halogenated alkanes) is 2. The Morgan fingerprint density at radius 2 is 2.09 bits per heavy atom. The number of hydrogen-bond acceptors (Lipinski definition) is 3. The number of ketones is 1. The van der Waals surface area contributed by atoms with Crippen LogP contribution < -0.4 is 0 Å². The van der Waals surface area contributed by atoms with Crippen LogP contribution in [0.25, 0.3) is 0 Å². The molecule has 1 fully saturated rings. The van der Waals surface area contributed by atoms with Gasteiger partial charge in [-0.1, -0.05) is 44.1 Å². The number of aliphatic hydroxyl groups is 1. The Kier molecular flexibility index (Phi) is 8.85. The molecule has 0 amide bonds. The van der Waals surface area contributed by atoms with Crippen LogP contribution in [0.5, 0.6) is 0 Å². The molecule has 130 valence electrons. The first-order valence-electron chi connectivity index (χ1n) is 8.67. The first-order valence-corrected chi connectivity index (χ1v) is 8.67. The summed E-state index contributed by atoms with van der Waals surface area (Å²) < 4.78 is 0. The van der Waals surface area contributed by atoms with Crippen LogP contribution in [0.1, 0.15) is 58.8 Å². The molecule has 1 aliphatic rings. The highest BCUT2D eigenvalue weighted by molar-refractivity contribution is 5.84. The second kappa shape index (κ2) is 10.4. The van der Waals surface area contributed by atoms with Crippen molar-refractivity contribution in [1.29, 1.82) is 0 Å². The molecule has 2 N–H and O–H groups in total. The van der Waals surface area contributed by atoms with Gasteiger partial charge < -0.3 is 10.2 Å². The van der Waals surface area contributed by atoms with Crippen molar-refractivity contribution in [3.05, 3.63) is 24.3 Å². The number of carboxylic acids is 1. The van der Waals surface area contributed by atoms with Crippen LogP contribution in [0, 0.1) is 17.8 Å². The van der Waals surface area contributed by atoms with E-state index in [1.54, 1.807) is 0 Å². The molecular weight excluding hydrogens is 292 g/mol. The fourth-order valence-electron chi connectivity index (χ4n) is 3.32. The van der Waals surface area contributed by atoms with Crippen LogP contribution >= 0.6 is 0 Å². The fourth-order valence-corrected chi connectivity index (χ4v) is 3.32. The van der Waals surface area contributed by atoms with Crippen molar-refractivity contribution < 1.29 is 19.8 Å². The predicted octanol–water partition coefficient (Wildman–Crippen LogP) is 3.75. The van der Waals surface area contributed by atoms with Gasteiger partial charge in [0.2, 0.25) is 0 Å². The molecule has 0 radical (unpaired) electrons. The summed E-state index contributed by atoms with van der Waals surface area (Å²) in [6, 6.07) is 0. The third-order valence-electron chi connectivity index (χ3n) is 4.63. The van der Waals surface area contributed by atoms with Crippen LogP contribution in [-0.2, 0) is 9.59 Å². The van der Waals surface area contributed by atoms with Gasteiger partial charge in [-0.15, -0.1) is 0 Å². The minimum Gasteiger partial charge on any atom is -0.481 e. The van der Waals surface area contributed by atoms with Gasteiger partial charge in [0.1, 0.15) is 5.78 Å². The quantitative estimate of drug-likeness (QED) is 0.474. The van der Waals surface area contributed by atoms with Gasteiger partial charge in [0.15, 0.2) is 0 Å². The summed E-state index contributed by atoms with van der Waals surface area (Å²) in [5, 5.41) is 18.5. The second-order valence-electron chi connectivity index (χ2n) is 6.58. The molecular formula is C19H30O4. The highest BCUT2D eigenvalue weighted by Gasteiger charge is 2.37. The second-order valence-corrected chi connectivity index (χ2v) is 6.58. The maximum absolute atomic E-state index is 12.2. The average molecular weight is 322 g/mol.